The number of hydrogen-bond donors (Lipinski definition) is 1. The Morgan fingerprint density at radius 1 is 1.10 bits per heavy atom. The van der Waals surface area contributed by atoms with Gasteiger partial charge in [0.25, 0.3) is 0 Å². The van der Waals surface area contributed by atoms with Crippen LogP contribution in [0.5, 0.6) is 0 Å². The van der Waals surface area contributed by atoms with Gasteiger partial charge in [-0.25, -0.2) is 0 Å². The average molecular weight is 274 g/mol. The second kappa shape index (κ2) is 7.43. The fraction of sp³-hybridized carbons (Fsp3) is 0.400. The first-order valence-corrected chi connectivity index (χ1v) is 6.85. The SMILES string of the molecule is O=C(O)CCCCCCc1nc(-c2ccccc2)no1. The van der Waals surface area contributed by atoms with E-state index in [0.29, 0.717) is 11.7 Å². The van der Waals surface area contributed by atoms with Gasteiger partial charge in [0.2, 0.25) is 11.7 Å². The molecular weight excluding hydrogens is 256 g/mol. The van der Waals surface area contributed by atoms with E-state index in [1.165, 1.54) is 0 Å². The third kappa shape index (κ3) is 4.50. The lowest BCUT2D eigenvalue weighted by molar-refractivity contribution is -0.137. The van der Waals surface area contributed by atoms with E-state index in [2.05, 4.69) is 10.1 Å². The van der Waals surface area contributed by atoms with Crippen molar-refractivity contribution in [2.75, 3.05) is 0 Å². The molecule has 2 rings (SSSR count). The number of aromatic nitrogens is 2. The standard InChI is InChI=1S/C15H18N2O3/c18-14(19)11-7-2-1-6-10-13-16-15(17-20-13)12-8-4-3-5-9-12/h3-5,8-9H,1-2,6-7,10-11H2,(H,18,19). The van der Waals surface area contributed by atoms with E-state index in [0.717, 1.165) is 37.7 Å². The summed E-state index contributed by atoms with van der Waals surface area (Å²) in [5.41, 5.74) is 0.948. The van der Waals surface area contributed by atoms with Gasteiger partial charge in [-0.1, -0.05) is 48.3 Å². The number of hydrogen-bond acceptors (Lipinski definition) is 4. The Labute approximate surface area is 117 Å². The molecule has 0 bridgehead atoms. The van der Waals surface area contributed by atoms with E-state index in [9.17, 15) is 4.79 Å². The highest BCUT2D eigenvalue weighted by atomic mass is 16.5. The van der Waals surface area contributed by atoms with E-state index >= 15 is 0 Å². The van der Waals surface area contributed by atoms with Crippen molar-refractivity contribution in [1.82, 2.24) is 10.1 Å². The predicted molar refractivity (Wildman–Crippen MR) is 74.2 cm³/mol. The molecule has 106 valence electrons. The zero-order valence-electron chi connectivity index (χ0n) is 11.3. The van der Waals surface area contributed by atoms with Crippen LogP contribution < -0.4 is 0 Å². The first-order valence-electron chi connectivity index (χ1n) is 6.85. The van der Waals surface area contributed by atoms with Gasteiger partial charge in [-0.05, 0) is 12.8 Å². The zero-order chi connectivity index (χ0) is 14.2. The number of benzene rings is 1. The molecule has 0 atom stereocenters. The molecule has 0 unspecified atom stereocenters. The number of nitrogens with zero attached hydrogens (tertiary/aromatic N) is 2. The van der Waals surface area contributed by atoms with E-state index < -0.39 is 5.97 Å². The lowest BCUT2D eigenvalue weighted by Crippen LogP contribution is -1.94. The smallest absolute Gasteiger partial charge is 0.303 e. The summed E-state index contributed by atoms with van der Waals surface area (Å²) in [6.45, 7) is 0. The van der Waals surface area contributed by atoms with Gasteiger partial charge in [0, 0.05) is 18.4 Å². The maximum Gasteiger partial charge on any atom is 0.303 e. The maximum atomic E-state index is 10.4. The molecule has 0 fully saturated rings. The van der Waals surface area contributed by atoms with Crippen LogP contribution in [-0.2, 0) is 11.2 Å². The number of unbranched alkanes of at least 4 members (excludes halogenated alkanes) is 3. The normalized spacial score (nSPS) is 10.6. The summed E-state index contributed by atoms with van der Waals surface area (Å²) in [4.78, 5) is 14.7. The summed E-state index contributed by atoms with van der Waals surface area (Å²) >= 11 is 0. The second-order valence-electron chi connectivity index (χ2n) is 4.69. The van der Waals surface area contributed by atoms with Gasteiger partial charge in [0.05, 0.1) is 0 Å². The first-order chi connectivity index (χ1) is 9.75. The number of carbonyl (C=O) groups is 1. The predicted octanol–water partition coefficient (Wildman–Crippen LogP) is 3.31. The minimum Gasteiger partial charge on any atom is -0.481 e. The molecule has 2 aromatic rings. The van der Waals surface area contributed by atoms with E-state index in [4.69, 9.17) is 9.63 Å². The number of carboxylic acid groups (broad SMARTS) is 1. The Balaban J connectivity index is 1.72. The minimum atomic E-state index is -0.727. The molecule has 1 aromatic carbocycles. The summed E-state index contributed by atoms with van der Waals surface area (Å²) in [5.74, 6) is 0.531. The molecule has 1 heterocycles. The van der Waals surface area contributed by atoms with Crippen molar-refractivity contribution in [2.24, 2.45) is 0 Å². The summed E-state index contributed by atoms with van der Waals surface area (Å²) in [6.07, 6.45) is 4.57. The van der Waals surface area contributed by atoms with Gasteiger partial charge in [0.1, 0.15) is 0 Å². The van der Waals surface area contributed by atoms with Gasteiger partial charge >= 0.3 is 5.97 Å². The highest BCUT2D eigenvalue weighted by molar-refractivity contribution is 5.66. The van der Waals surface area contributed by atoms with Crippen LogP contribution in [0.15, 0.2) is 34.9 Å². The van der Waals surface area contributed by atoms with Crippen molar-refractivity contribution >= 4 is 5.97 Å². The molecular formula is C15H18N2O3. The van der Waals surface area contributed by atoms with Crippen LogP contribution in [0.3, 0.4) is 0 Å². The van der Waals surface area contributed by atoms with Gasteiger partial charge in [-0.15, -0.1) is 0 Å². The molecule has 0 radical (unpaired) electrons. The Morgan fingerprint density at radius 2 is 1.85 bits per heavy atom. The van der Waals surface area contributed by atoms with Gasteiger partial charge in [-0.3, -0.25) is 4.79 Å². The van der Waals surface area contributed by atoms with Crippen LogP contribution >= 0.6 is 0 Å². The monoisotopic (exact) mass is 274 g/mol. The first kappa shape index (κ1) is 14.2. The number of carboxylic acids is 1. The van der Waals surface area contributed by atoms with Crippen molar-refractivity contribution in [3.05, 3.63) is 36.2 Å². The lowest BCUT2D eigenvalue weighted by atomic mass is 10.1. The summed E-state index contributed by atoms with van der Waals surface area (Å²) in [5, 5.41) is 12.5. The molecule has 20 heavy (non-hydrogen) atoms. The fourth-order valence-corrected chi connectivity index (χ4v) is 1.97. The van der Waals surface area contributed by atoms with Crippen molar-refractivity contribution in [3.63, 3.8) is 0 Å². The third-order valence-electron chi connectivity index (χ3n) is 3.03. The summed E-state index contributed by atoms with van der Waals surface area (Å²) in [7, 11) is 0. The second-order valence-corrected chi connectivity index (χ2v) is 4.69. The fourth-order valence-electron chi connectivity index (χ4n) is 1.97. The van der Waals surface area contributed by atoms with Crippen LogP contribution in [0.1, 0.15) is 38.0 Å². The van der Waals surface area contributed by atoms with Crippen LogP contribution in [-0.4, -0.2) is 21.2 Å². The van der Waals surface area contributed by atoms with Crippen molar-refractivity contribution in [2.45, 2.75) is 38.5 Å². The van der Waals surface area contributed by atoms with Gasteiger partial charge < -0.3 is 9.63 Å². The van der Waals surface area contributed by atoms with E-state index in [1.807, 2.05) is 30.3 Å². The molecule has 0 spiro atoms. The van der Waals surface area contributed by atoms with Crippen molar-refractivity contribution in [3.8, 4) is 11.4 Å². The molecule has 0 aliphatic carbocycles. The Bertz CT molecular complexity index is 537. The highest BCUT2D eigenvalue weighted by Gasteiger charge is 2.07. The third-order valence-corrected chi connectivity index (χ3v) is 3.03. The Hall–Kier alpha value is -2.17. The molecule has 0 saturated carbocycles. The van der Waals surface area contributed by atoms with E-state index in [1.54, 1.807) is 0 Å². The van der Waals surface area contributed by atoms with Gasteiger partial charge in [-0.2, -0.15) is 4.98 Å². The van der Waals surface area contributed by atoms with Crippen LogP contribution in [0, 0.1) is 0 Å². The molecule has 0 amide bonds. The zero-order valence-corrected chi connectivity index (χ0v) is 11.3. The highest BCUT2D eigenvalue weighted by Crippen LogP contribution is 2.16. The largest absolute Gasteiger partial charge is 0.481 e. The number of rotatable bonds is 8. The molecule has 1 aromatic heterocycles. The summed E-state index contributed by atoms with van der Waals surface area (Å²) in [6, 6.07) is 9.71. The Kier molecular flexibility index (Phi) is 5.29. The topological polar surface area (TPSA) is 76.2 Å². The molecule has 0 aliphatic rings. The molecule has 0 saturated heterocycles. The lowest BCUT2D eigenvalue weighted by Gasteiger charge is -1.96. The Morgan fingerprint density at radius 3 is 2.60 bits per heavy atom. The molecule has 5 heteroatoms. The van der Waals surface area contributed by atoms with Crippen molar-refractivity contribution < 1.29 is 14.4 Å². The van der Waals surface area contributed by atoms with Crippen LogP contribution in [0.4, 0.5) is 0 Å². The average Bonchev–Trinajstić information content (AvgIpc) is 2.92. The van der Waals surface area contributed by atoms with Crippen LogP contribution in [0.2, 0.25) is 0 Å². The van der Waals surface area contributed by atoms with Gasteiger partial charge in [0.15, 0.2) is 0 Å². The molecule has 1 N–H and O–H groups in total. The summed E-state index contributed by atoms with van der Waals surface area (Å²) < 4.78 is 5.21. The van der Waals surface area contributed by atoms with Crippen molar-refractivity contribution in [1.29, 1.82) is 0 Å². The maximum absolute atomic E-state index is 10.4. The number of aryl methyl sites for hydroxylation is 1. The van der Waals surface area contributed by atoms with Crippen LogP contribution in [0.25, 0.3) is 11.4 Å². The molecule has 0 aliphatic heterocycles. The number of aliphatic carboxylic acids is 1. The quantitative estimate of drug-likeness (QED) is 0.747. The van der Waals surface area contributed by atoms with E-state index in [-0.39, 0.29) is 6.42 Å². The molecule has 5 nitrogen and oxygen atoms in total. The minimum absolute atomic E-state index is 0.249.